The molecular formula is C16H16BrNO3. The number of aryl methyl sites for hydroxylation is 1. The van der Waals surface area contributed by atoms with Crippen LogP contribution in [-0.2, 0) is 6.61 Å². The van der Waals surface area contributed by atoms with Crippen LogP contribution in [0.15, 0.2) is 46.0 Å². The fourth-order valence-corrected chi connectivity index (χ4v) is 2.46. The molecule has 0 aliphatic carbocycles. The number of hydrogen-bond donors (Lipinski definition) is 1. The number of ether oxygens (including phenoxy) is 2. The van der Waals surface area contributed by atoms with Crippen molar-refractivity contribution in [2.24, 2.45) is 5.16 Å². The third-order valence-corrected chi connectivity index (χ3v) is 3.39. The predicted molar refractivity (Wildman–Crippen MR) is 85.6 cm³/mol. The number of halogens is 1. The molecule has 0 spiro atoms. The third-order valence-electron chi connectivity index (χ3n) is 2.93. The number of oxime groups is 1. The lowest BCUT2D eigenvalue weighted by atomic mass is 10.1. The van der Waals surface area contributed by atoms with E-state index in [9.17, 15) is 0 Å². The van der Waals surface area contributed by atoms with Gasteiger partial charge in [0.15, 0.2) is 11.5 Å². The van der Waals surface area contributed by atoms with E-state index in [4.69, 9.17) is 14.7 Å². The summed E-state index contributed by atoms with van der Waals surface area (Å²) in [5.41, 5.74) is 2.87. The molecule has 4 nitrogen and oxygen atoms in total. The Bertz CT molecular complexity index is 656. The molecule has 0 amide bonds. The summed E-state index contributed by atoms with van der Waals surface area (Å²) in [6, 6.07) is 11.7. The van der Waals surface area contributed by atoms with Crippen molar-refractivity contribution in [1.82, 2.24) is 0 Å². The second-order valence-corrected chi connectivity index (χ2v) is 5.46. The molecule has 0 saturated carbocycles. The first kappa shape index (κ1) is 15.4. The summed E-state index contributed by atoms with van der Waals surface area (Å²) in [5, 5.41) is 11.8. The van der Waals surface area contributed by atoms with E-state index in [1.807, 2.05) is 25.1 Å². The number of benzene rings is 2. The highest BCUT2D eigenvalue weighted by Crippen LogP contribution is 2.34. The van der Waals surface area contributed by atoms with Crippen molar-refractivity contribution < 1.29 is 14.7 Å². The third kappa shape index (κ3) is 3.98. The van der Waals surface area contributed by atoms with Crippen LogP contribution in [0.25, 0.3) is 0 Å². The summed E-state index contributed by atoms with van der Waals surface area (Å²) >= 11 is 3.38. The molecule has 2 aromatic rings. The minimum absolute atomic E-state index is 0.409. The van der Waals surface area contributed by atoms with Crippen molar-refractivity contribution in [3.8, 4) is 11.5 Å². The molecule has 0 saturated heterocycles. The summed E-state index contributed by atoms with van der Waals surface area (Å²) < 4.78 is 12.0. The second kappa shape index (κ2) is 7.13. The normalized spacial score (nSPS) is 10.8. The predicted octanol–water partition coefficient (Wildman–Crippen LogP) is 4.15. The summed E-state index contributed by atoms with van der Waals surface area (Å²) in [6.45, 7) is 2.44. The minimum atomic E-state index is 0.409. The molecule has 0 atom stereocenters. The Balaban J connectivity index is 2.29. The van der Waals surface area contributed by atoms with Gasteiger partial charge in [-0.05, 0) is 24.6 Å². The summed E-state index contributed by atoms with van der Waals surface area (Å²) in [5.74, 6) is 1.12. The Morgan fingerprint density at radius 1 is 1.29 bits per heavy atom. The topological polar surface area (TPSA) is 51.0 Å². The van der Waals surface area contributed by atoms with Crippen LogP contribution < -0.4 is 9.47 Å². The zero-order valence-corrected chi connectivity index (χ0v) is 13.4. The maximum atomic E-state index is 8.78. The molecule has 0 heterocycles. The molecule has 2 aromatic carbocycles. The van der Waals surface area contributed by atoms with Crippen LogP contribution in [0.1, 0.15) is 16.7 Å². The van der Waals surface area contributed by atoms with Gasteiger partial charge in [-0.3, -0.25) is 0 Å². The Hall–Kier alpha value is -2.01. The largest absolute Gasteiger partial charge is 0.493 e. The number of methoxy groups -OCH3 is 1. The van der Waals surface area contributed by atoms with Crippen molar-refractivity contribution in [3.05, 3.63) is 57.6 Å². The van der Waals surface area contributed by atoms with E-state index in [-0.39, 0.29) is 0 Å². The Kier molecular flexibility index (Phi) is 5.22. The zero-order valence-electron chi connectivity index (χ0n) is 11.8. The zero-order chi connectivity index (χ0) is 15.2. The van der Waals surface area contributed by atoms with Crippen LogP contribution in [0.3, 0.4) is 0 Å². The molecule has 110 valence electrons. The smallest absolute Gasteiger partial charge is 0.170 e. The van der Waals surface area contributed by atoms with Crippen LogP contribution in [0.4, 0.5) is 0 Å². The molecule has 5 heteroatoms. The van der Waals surface area contributed by atoms with E-state index < -0.39 is 0 Å². The Labute approximate surface area is 132 Å². The molecule has 0 aromatic heterocycles. The average molecular weight is 350 g/mol. The van der Waals surface area contributed by atoms with E-state index >= 15 is 0 Å². The monoisotopic (exact) mass is 349 g/mol. The number of rotatable bonds is 5. The van der Waals surface area contributed by atoms with Crippen LogP contribution in [0.2, 0.25) is 0 Å². The lowest BCUT2D eigenvalue weighted by molar-refractivity contribution is 0.283. The number of hydrogen-bond acceptors (Lipinski definition) is 4. The van der Waals surface area contributed by atoms with E-state index in [1.165, 1.54) is 11.8 Å². The lowest BCUT2D eigenvalue weighted by Gasteiger charge is -2.14. The average Bonchev–Trinajstić information content (AvgIpc) is 2.46. The van der Waals surface area contributed by atoms with Gasteiger partial charge in [-0.15, -0.1) is 0 Å². The summed E-state index contributed by atoms with van der Waals surface area (Å²) in [6.07, 6.45) is 1.32. The van der Waals surface area contributed by atoms with Crippen LogP contribution in [-0.4, -0.2) is 18.5 Å². The van der Waals surface area contributed by atoms with E-state index in [0.717, 1.165) is 10.0 Å². The van der Waals surface area contributed by atoms with E-state index in [1.54, 1.807) is 19.2 Å². The van der Waals surface area contributed by atoms with Crippen molar-refractivity contribution in [2.45, 2.75) is 13.5 Å². The maximum absolute atomic E-state index is 8.78. The first-order chi connectivity index (χ1) is 10.1. The molecule has 0 unspecified atom stereocenters. The molecule has 0 radical (unpaired) electrons. The first-order valence-corrected chi connectivity index (χ1v) is 7.16. The van der Waals surface area contributed by atoms with Gasteiger partial charge < -0.3 is 14.7 Å². The molecule has 0 bridgehead atoms. The van der Waals surface area contributed by atoms with Crippen LogP contribution in [0, 0.1) is 6.92 Å². The fourth-order valence-electron chi connectivity index (χ4n) is 2.01. The highest BCUT2D eigenvalue weighted by molar-refractivity contribution is 9.10. The van der Waals surface area contributed by atoms with Gasteiger partial charge in [0.25, 0.3) is 0 Å². The first-order valence-electron chi connectivity index (χ1n) is 6.37. The molecule has 1 N–H and O–H groups in total. The number of nitrogens with zero attached hydrogens (tertiary/aromatic N) is 1. The maximum Gasteiger partial charge on any atom is 0.170 e. The lowest BCUT2D eigenvalue weighted by Crippen LogP contribution is -2.01. The van der Waals surface area contributed by atoms with Crippen molar-refractivity contribution >= 4 is 22.1 Å². The summed E-state index contributed by atoms with van der Waals surface area (Å²) in [4.78, 5) is 0. The van der Waals surface area contributed by atoms with Gasteiger partial charge in [-0.1, -0.05) is 50.9 Å². The van der Waals surface area contributed by atoms with Crippen LogP contribution >= 0.6 is 15.9 Å². The minimum Gasteiger partial charge on any atom is -0.493 e. The van der Waals surface area contributed by atoms with Gasteiger partial charge in [0.2, 0.25) is 0 Å². The molecule has 0 aliphatic rings. The molecule has 2 rings (SSSR count). The van der Waals surface area contributed by atoms with Crippen molar-refractivity contribution in [3.63, 3.8) is 0 Å². The van der Waals surface area contributed by atoms with E-state index in [0.29, 0.717) is 23.7 Å². The van der Waals surface area contributed by atoms with E-state index in [2.05, 4.69) is 27.2 Å². The van der Waals surface area contributed by atoms with Crippen molar-refractivity contribution in [1.29, 1.82) is 0 Å². The van der Waals surface area contributed by atoms with Crippen molar-refractivity contribution in [2.75, 3.05) is 7.11 Å². The standard InChI is InChI=1S/C16H16BrNO3/c1-11-4-3-5-12(6-11)10-21-16-13(9-18-19)7-14(17)8-15(16)20-2/h3-9,19H,10H2,1-2H3. The van der Waals surface area contributed by atoms with Gasteiger partial charge in [0, 0.05) is 10.0 Å². The van der Waals surface area contributed by atoms with Gasteiger partial charge in [0.05, 0.1) is 13.3 Å². The van der Waals surface area contributed by atoms with Gasteiger partial charge in [-0.25, -0.2) is 0 Å². The highest BCUT2D eigenvalue weighted by Gasteiger charge is 2.12. The van der Waals surface area contributed by atoms with Gasteiger partial charge >= 0.3 is 0 Å². The molecule has 0 aliphatic heterocycles. The highest BCUT2D eigenvalue weighted by atomic mass is 79.9. The Morgan fingerprint density at radius 3 is 2.76 bits per heavy atom. The summed E-state index contributed by atoms with van der Waals surface area (Å²) in [7, 11) is 1.57. The fraction of sp³-hybridized carbons (Fsp3) is 0.188. The SMILES string of the molecule is COc1cc(Br)cc(C=NO)c1OCc1cccc(C)c1. The Morgan fingerprint density at radius 2 is 2.10 bits per heavy atom. The second-order valence-electron chi connectivity index (χ2n) is 4.55. The quantitative estimate of drug-likeness (QED) is 0.501. The molecular weight excluding hydrogens is 334 g/mol. The van der Waals surface area contributed by atoms with Gasteiger partial charge in [-0.2, -0.15) is 0 Å². The van der Waals surface area contributed by atoms with Crippen LogP contribution in [0.5, 0.6) is 11.5 Å². The molecule has 21 heavy (non-hydrogen) atoms. The molecule has 0 fully saturated rings. The van der Waals surface area contributed by atoms with Gasteiger partial charge in [0.1, 0.15) is 6.61 Å².